The Hall–Kier alpha value is -1.38. The molecule has 3 nitrogen and oxygen atoms in total. The zero-order valence-electron chi connectivity index (χ0n) is 8.16. The smallest absolute Gasteiger partial charge is 0.110 e. The van der Waals surface area contributed by atoms with Gasteiger partial charge in [0.15, 0.2) is 0 Å². The van der Waals surface area contributed by atoms with Gasteiger partial charge in [-0.25, -0.2) is 0 Å². The van der Waals surface area contributed by atoms with Crippen molar-refractivity contribution >= 4 is 11.4 Å². The lowest BCUT2D eigenvalue weighted by Gasteiger charge is -2.21. The Kier molecular flexibility index (Phi) is 2.66. The number of nitrogens with zero attached hydrogens (tertiary/aromatic N) is 1. The highest BCUT2D eigenvalue weighted by Crippen LogP contribution is 2.20. The molecule has 0 atom stereocenters. The van der Waals surface area contributed by atoms with E-state index in [0.717, 1.165) is 5.69 Å². The third-order valence-corrected chi connectivity index (χ3v) is 1.47. The van der Waals surface area contributed by atoms with Crippen LogP contribution in [0.15, 0.2) is 29.4 Å². The first-order chi connectivity index (χ1) is 6.01. The molecule has 0 fully saturated rings. The molecule has 1 rings (SSSR count). The lowest BCUT2D eigenvalue weighted by molar-refractivity contribution is 0.634. The summed E-state index contributed by atoms with van der Waals surface area (Å²) < 4.78 is 0. The number of nitrogens with one attached hydrogen (secondary N) is 1. The Morgan fingerprint density at radius 2 is 2.00 bits per heavy atom. The van der Waals surface area contributed by atoms with Crippen LogP contribution in [0.3, 0.4) is 0 Å². The third kappa shape index (κ3) is 3.23. The topological polar surface area (TPSA) is 41.5 Å². The van der Waals surface area contributed by atoms with Crippen LogP contribution in [0.1, 0.15) is 20.8 Å². The number of rotatable bonds is 2. The molecule has 0 spiro atoms. The standard InChI is InChI=1S/C10H14N2O/c1-10(2,3)11-8-5-4-6-9(7-8)12-13/h4-7,11H,1-3H3. The first-order valence-electron chi connectivity index (χ1n) is 4.23. The molecule has 0 radical (unpaired) electrons. The predicted octanol–water partition coefficient (Wildman–Crippen LogP) is 3.29. The largest absolute Gasteiger partial charge is 0.380 e. The van der Waals surface area contributed by atoms with E-state index in [9.17, 15) is 4.91 Å². The van der Waals surface area contributed by atoms with Gasteiger partial charge in [-0.1, -0.05) is 6.07 Å². The molecule has 1 aromatic carbocycles. The van der Waals surface area contributed by atoms with Gasteiger partial charge in [0, 0.05) is 11.2 Å². The van der Waals surface area contributed by atoms with Crippen molar-refractivity contribution in [2.75, 3.05) is 5.32 Å². The van der Waals surface area contributed by atoms with Gasteiger partial charge in [-0.15, -0.1) is 4.91 Å². The summed E-state index contributed by atoms with van der Waals surface area (Å²) in [6.07, 6.45) is 0. The van der Waals surface area contributed by atoms with Crippen molar-refractivity contribution in [3.05, 3.63) is 29.2 Å². The molecule has 70 valence electrons. The average molecular weight is 178 g/mol. The van der Waals surface area contributed by atoms with E-state index < -0.39 is 0 Å². The van der Waals surface area contributed by atoms with Gasteiger partial charge in [-0.05, 0) is 44.1 Å². The average Bonchev–Trinajstić information content (AvgIpc) is 2.01. The molecule has 0 bridgehead atoms. The van der Waals surface area contributed by atoms with Crippen LogP contribution in [0, 0.1) is 4.91 Å². The quantitative estimate of drug-likeness (QED) is 0.706. The number of anilines is 1. The zero-order valence-corrected chi connectivity index (χ0v) is 8.16. The van der Waals surface area contributed by atoms with Crippen molar-refractivity contribution in [2.24, 2.45) is 5.18 Å². The van der Waals surface area contributed by atoms with E-state index in [1.54, 1.807) is 12.1 Å². The van der Waals surface area contributed by atoms with Crippen LogP contribution in [-0.2, 0) is 0 Å². The number of nitroso groups, excluding NO2 is 1. The van der Waals surface area contributed by atoms with Crippen LogP contribution >= 0.6 is 0 Å². The zero-order chi connectivity index (χ0) is 9.90. The van der Waals surface area contributed by atoms with Gasteiger partial charge in [-0.2, -0.15) is 0 Å². The molecule has 0 aliphatic rings. The Labute approximate surface area is 78.1 Å². The normalized spacial score (nSPS) is 11.0. The minimum atomic E-state index is 0.00150. The van der Waals surface area contributed by atoms with Crippen LogP contribution in [0.4, 0.5) is 11.4 Å². The van der Waals surface area contributed by atoms with Crippen LogP contribution in [0.2, 0.25) is 0 Å². The van der Waals surface area contributed by atoms with Crippen LogP contribution in [0.5, 0.6) is 0 Å². The van der Waals surface area contributed by atoms with E-state index in [2.05, 4.69) is 31.3 Å². The SMILES string of the molecule is CC(C)(C)Nc1cccc(N=O)c1. The van der Waals surface area contributed by atoms with Gasteiger partial charge in [0.25, 0.3) is 0 Å². The van der Waals surface area contributed by atoms with Crippen molar-refractivity contribution in [3.63, 3.8) is 0 Å². The fourth-order valence-corrected chi connectivity index (χ4v) is 1.07. The fraction of sp³-hybridized carbons (Fsp3) is 0.400. The third-order valence-electron chi connectivity index (χ3n) is 1.47. The van der Waals surface area contributed by atoms with Crippen LogP contribution in [0.25, 0.3) is 0 Å². The maximum atomic E-state index is 10.2. The van der Waals surface area contributed by atoms with Crippen molar-refractivity contribution in [1.82, 2.24) is 0 Å². The Morgan fingerprint density at radius 1 is 1.31 bits per heavy atom. The number of hydrogen-bond acceptors (Lipinski definition) is 3. The van der Waals surface area contributed by atoms with Gasteiger partial charge in [0.1, 0.15) is 5.69 Å². The van der Waals surface area contributed by atoms with Gasteiger partial charge in [0.05, 0.1) is 0 Å². The minimum absolute atomic E-state index is 0.00150. The molecular formula is C10H14N2O. The summed E-state index contributed by atoms with van der Waals surface area (Å²) in [5.41, 5.74) is 1.38. The molecule has 0 amide bonds. The van der Waals surface area contributed by atoms with Crippen LogP contribution in [-0.4, -0.2) is 5.54 Å². The number of hydrogen-bond donors (Lipinski definition) is 1. The molecule has 0 saturated carbocycles. The first kappa shape index (κ1) is 9.71. The van der Waals surface area contributed by atoms with E-state index >= 15 is 0 Å². The Balaban J connectivity index is 2.84. The lowest BCUT2D eigenvalue weighted by Crippen LogP contribution is -2.25. The van der Waals surface area contributed by atoms with E-state index in [1.807, 2.05) is 12.1 Å². The molecule has 0 heterocycles. The predicted molar refractivity (Wildman–Crippen MR) is 55.3 cm³/mol. The molecule has 1 aromatic rings. The molecule has 3 heteroatoms. The second-order valence-corrected chi connectivity index (χ2v) is 4.02. The fourth-order valence-electron chi connectivity index (χ4n) is 1.07. The minimum Gasteiger partial charge on any atom is -0.380 e. The monoisotopic (exact) mass is 178 g/mol. The van der Waals surface area contributed by atoms with E-state index in [-0.39, 0.29) is 5.54 Å². The molecule has 0 aliphatic heterocycles. The molecule has 0 aromatic heterocycles. The Morgan fingerprint density at radius 3 is 2.54 bits per heavy atom. The highest BCUT2D eigenvalue weighted by Gasteiger charge is 2.08. The summed E-state index contributed by atoms with van der Waals surface area (Å²) in [4.78, 5) is 10.2. The highest BCUT2D eigenvalue weighted by molar-refractivity contribution is 5.54. The maximum Gasteiger partial charge on any atom is 0.110 e. The molecule has 0 aliphatic carbocycles. The summed E-state index contributed by atoms with van der Waals surface area (Å²) in [6, 6.07) is 7.14. The molecular weight excluding hydrogens is 164 g/mol. The molecule has 1 N–H and O–H groups in total. The summed E-state index contributed by atoms with van der Waals surface area (Å²) >= 11 is 0. The summed E-state index contributed by atoms with van der Waals surface area (Å²) in [6.45, 7) is 6.19. The summed E-state index contributed by atoms with van der Waals surface area (Å²) in [5, 5.41) is 6.13. The van der Waals surface area contributed by atoms with Gasteiger partial charge in [-0.3, -0.25) is 0 Å². The summed E-state index contributed by atoms with van der Waals surface area (Å²) in [5.74, 6) is 0. The van der Waals surface area contributed by atoms with Crippen molar-refractivity contribution < 1.29 is 0 Å². The molecule has 0 saturated heterocycles. The highest BCUT2D eigenvalue weighted by atomic mass is 16.3. The van der Waals surface area contributed by atoms with E-state index in [0.29, 0.717) is 5.69 Å². The maximum absolute atomic E-state index is 10.2. The second kappa shape index (κ2) is 3.56. The lowest BCUT2D eigenvalue weighted by atomic mass is 10.1. The first-order valence-corrected chi connectivity index (χ1v) is 4.23. The van der Waals surface area contributed by atoms with Gasteiger partial charge < -0.3 is 5.32 Å². The number of benzene rings is 1. The Bertz CT molecular complexity index is 302. The van der Waals surface area contributed by atoms with E-state index in [4.69, 9.17) is 0 Å². The van der Waals surface area contributed by atoms with Crippen molar-refractivity contribution in [2.45, 2.75) is 26.3 Å². The molecule has 13 heavy (non-hydrogen) atoms. The van der Waals surface area contributed by atoms with Crippen molar-refractivity contribution in [3.8, 4) is 0 Å². The summed E-state index contributed by atoms with van der Waals surface area (Å²) in [7, 11) is 0. The molecule has 0 unspecified atom stereocenters. The van der Waals surface area contributed by atoms with Crippen molar-refractivity contribution in [1.29, 1.82) is 0 Å². The van der Waals surface area contributed by atoms with Crippen LogP contribution < -0.4 is 5.32 Å². The van der Waals surface area contributed by atoms with E-state index in [1.165, 1.54) is 0 Å². The second-order valence-electron chi connectivity index (χ2n) is 4.02. The van der Waals surface area contributed by atoms with Gasteiger partial charge >= 0.3 is 0 Å². The van der Waals surface area contributed by atoms with Gasteiger partial charge in [0.2, 0.25) is 0 Å².